The standard InChI is InChI=1S/C22H31N3O3/c26-18-15-22(21(28)23-20(18)17-7-3-1-4-8-17)9-13-25(14-10-22)19(27)16-24-11-5-2-6-12-24/h1,3-4,7-8,18,20,26H,2,5-6,9-16H2,(H,23,28)/t18-,20+/m1/s1. The summed E-state index contributed by atoms with van der Waals surface area (Å²) in [7, 11) is 0. The topological polar surface area (TPSA) is 72.9 Å². The van der Waals surface area contributed by atoms with Gasteiger partial charge in [-0.25, -0.2) is 0 Å². The molecule has 3 heterocycles. The molecule has 3 fully saturated rings. The molecule has 0 aliphatic carbocycles. The average Bonchev–Trinajstić information content (AvgIpc) is 2.72. The molecule has 0 saturated carbocycles. The number of hydrogen-bond donors (Lipinski definition) is 2. The van der Waals surface area contributed by atoms with Crippen molar-refractivity contribution in [1.29, 1.82) is 0 Å². The van der Waals surface area contributed by atoms with Gasteiger partial charge < -0.3 is 15.3 Å². The third-order valence-electron chi connectivity index (χ3n) is 6.79. The first-order chi connectivity index (χ1) is 13.6. The van der Waals surface area contributed by atoms with Crippen LogP contribution in [0.15, 0.2) is 30.3 Å². The summed E-state index contributed by atoms with van der Waals surface area (Å²) in [5, 5.41) is 13.8. The molecular formula is C22H31N3O3. The largest absolute Gasteiger partial charge is 0.391 e. The van der Waals surface area contributed by atoms with Gasteiger partial charge in [-0.05, 0) is 50.8 Å². The van der Waals surface area contributed by atoms with Crippen LogP contribution in [0.2, 0.25) is 0 Å². The molecule has 1 aromatic rings. The summed E-state index contributed by atoms with van der Waals surface area (Å²) in [6.45, 7) is 3.72. The highest BCUT2D eigenvalue weighted by Crippen LogP contribution is 2.42. The van der Waals surface area contributed by atoms with E-state index in [-0.39, 0.29) is 17.9 Å². The Bertz CT molecular complexity index is 694. The summed E-state index contributed by atoms with van der Waals surface area (Å²) < 4.78 is 0. The quantitative estimate of drug-likeness (QED) is 0.831. The molecule has 2 atom stereocenters. The number of rotatable bonds is 3. The van der Waals surface area contributed by atoms with Crippen LogP contribution in [0.4, 0.5) is 0 Å². The number of benzene rings is 1. The van der Waals surface area contributed by atoms with Crippen molar-refractivity contribution in [3.05, 3.63) is 35.9 Å². The highest BCUT2D eigenvalue weighted by atomic mass is 16.3. The fourth-order valence-corrected chi connectivity index (χ4v) is 4.99. The summed E-state index contributed by atoms with van der Waals surface area (Å²) in [4.78, 5) is 29.8. The van der Waals surface area contributed by atoms with Crippen LogP contribution >= 0.6 is 0 Å². The minimum absolute atomic E-state index is 0.0229. The number of piperidine rings is 3. The second-order valence-electron chi connectivity index (χ2n) is 8.63. The Morgan fingerprint density at radius 1 is 1.07 bits per heavy atom. The maximum Gasteiger partial charge on any atom is 0.236 e. The van der Waals surface area contributed by atoms with Crippen LogP contribution in [0.3, 0.4) is 0 Å². The van der Waals surface area contributed by atoms with Crippen LogP contribution in [0, 0.1) is 5.41 Å². The lowest BCUT2D eigenvalue weighted by Crippen LogP contribution is -2.58. The van der Waals surface area contributed by atoms with Gasteiger partial charge in [0.2, 0.25) is 11.8 Å². The van der Waals surface area contributed by atoms with Crippen molar-refractivity contribution < 1.29 is 14.7 Å². The van der Waals surface area contributed by atoms with Gasteiger partial charge in [-0.15, -0.1) is 0 Å². The van der Waals surface area contributed by atoms with Crippen molar-refractivity contribution in [2.24, 2.45) is 5.41 Å². The number of aliphatic hydroxyl groups excluding tert-OH is 1. The Morgan fingerprint density at radius 3 is 2.43 bits per heavy atom. The number of carbonyl (C=O) groups excluding carboxylic acids is 2. The minimum Gasteiger partial charge on any atom is -0.391 e. The van der Waals surface area contributed by atoms with Gasteiger partial charge in [0.25, 0.3) is 0 Å². The average molecular weight is 386 g/mol. The molecule has 0 unspecified atom stereocenters. The van der Waals surface area contributed by atoms with E-state index in [1.54, 1.807) is 0 Å². The first kappa shape index (κ1) is 19.4. The van der Waals surface area contributed by atoms with Gasteiger partial charge in [0, 0.05) is 13.1 Å². The zero-order valence-electron chi connectivity index (χ0n) is 16.5. The Labute approximate surface area is 166 Å². The van der Waals surface area contributed by atoms with Crippen LogP contribution in [0.5, 0.6) is 0 Å². The van der Waals surface area contributed by atoms with Crippen molar-refractivity contribution in [2.45, 2.75) is 50.7 Å². The van der Waals surface area contributed by atoms with Crippen molar-refractivity contribution in [1.82, 2.24) is 15.1 Å². The third kappa shape index (κ3) is 3.94. The Balaban J connectivity index is 1.34. The van der Waals surface area contributed by atoms with Gasteiger partial charge in [-0.1, -0.05) is 36.8 Å². The molecular weight excluding hydrogens is 354 g/mol. The summed E-state index contributed by atoms with van der Waals surface area (Å²) in [6.07, 6.45) is 4.74. The van der Waals surface area contributed by atoms with Gasteiger partial charge in [-0.2, -0.15) is 0 Å². The maximum atomic E-state index is 13.0. The van der Waals surface area contributed by atoms with Gasteiger partial charge in [0.1, 0.15) is 0 Å². The second kappa shape index (κ2) is 8.21. The zero-order chi connectivity index (χ0) is 19.6. The van der Waals surface area contributed by atoms with Crippen LogP contribution in [0.25, 0.3) is 0 Å². The van der Waals surface area contributed by atoms with E-state index in [0.717, 1.165) is 18.7 Å². The normalized spacial score (nSPS) is 28.2. The number of aliphatic hydroxyl groups is 1. The van der Waals surface area contributed by atoms with Gasteiger partial charge in [-0.3, -0.25) is 14.5 Å². The van der Waals surface area contributed by atoms with E-state index in [0.29, 0.717) is 38.9 Å². The smallest absolute Gasteiger partial charge is 0.236 e. The molecule has 28 heavy (non-hydrogen) atoms. The molecule has 3 aliphatic heterocycles. The molecule has 0 radical (unpaired) electrons. The molecule has 0 aromatic heterocycles. The lowest BCUT2D eigenvalue weighted by molar-refractivity contribution is -0.148. The number of amides is 2. The number of nitrogens with one attached hydrogen (secondary N) is 1. The predicted molar refractivity (Wildman–Crippen MR) is 106 cm³/mol. The molecule has 4 rings (SSSR count). The van der Waals surface area contributed by atoms with Crippen molar-refractivity contribution in [2.75, 3.05) is 32.7 Å². The summed E-state index contributed by atoms with van der Waals surface area (Å²) in [6, 6.07) is 9.30. The lowest BCUT2D eigenvalue weighted by Gasteiger charge is -2.47. The molecule has 0 bridgehead atoms. The van der Waals surface area contributed by atoms with Crippen molar-refractivity contribution in [3.8, 4) is 0 Å². The fraction of sp³-hybridized carbons (Fsp3) is 0.636. The lowest BCUT2D eigenvalue weighted by atomic mass is 9.69. The van der Waals surface area contributed by atoms with Gasteiger partial charge in [0.15, 0.2) is 0 Å². The van der Waals surface area contributed by atoms with Crippen molar-refractivity contribution in [3.63, 3.8) is 0 Å². The number of likely N-dealkylation sites (tertiary alicyclic amines) is 2. The SMILES string of the molecule is O=C(CN1CCCCC1)N1CCC2(CC1)C[C@@H](O)[C@H](c1ccccc1)NC2=O. The molecule has 152 valence electrons. The Kier molecular flexibility index (Phi) is 5.69. The van der Waals surface area contributed by atoms with E-state index in [9.17, 15) is 14.7 Å². The number of nitrogens with zero attached hydrogens (tertiary/aromatic N) is 2. The fourth-order valence-electron chi connectivity index (χ4n) is 4.99. The zero-order valence-corrected chi connectivity index (χ0v) is 16.5. The van der Waals surface area contributed by atoms with Crippen LogP contribution in [-0.2, 0) is 9.59 Å². The Hall–Kier alpha value is -1.92. The van der Waals surface area contributed by atoms with Gasteiger partial charge in [0.05, 0.1) is 24.1 Å². The minimum atomic E-state index is -0.601. The summed E-state index contributed by atoms with van der Waals surface area (Å²) in [5.74, 6) is 0.200. The molecule has 1 aromatic carbocycles. The van der Waals surface area contributed by atoms with E-state index < -0.39 is 11.5 Å². The van der Waals surface area contributed by atoms with Gasteiger partial charge >= 0.3 is 0 Å². The molecule has 2 N–H and O–H groups in total. The number of hydrogen-bond acceptors (Lipinski definition) is 4. The summed E-state index contributed by atoms with van der Waals surface area (Å²) >= 11 is 0. The second-order valence-corrected chi connectivity index (χ2v) is 8.63. The van der Waals surface area contributed by atoms with Crippen LogP contribution in [0.1, 0.15) is 50.1 Å². The van der Waals surface area contributed by atoms with Crippen molar-refractivity contribution >= 4 is 11.8 Å². The first-order valence-corrected chi connectivity index (χ1v) is 10.6. The third-order valence-corrected chi connectivity index (χ3v) is 6.79. The Morgan fingerprint density at radius 2 is 1.75 bits per heavy atom. The summed E-state index contributed by atoms with van der Waals surface area (Å²) in [5.41, 5.74) is 0.388. The molecule has 2 amide bonds. The van der Waals surface area contributed by atoms with E-state index in [1.807, 2.05) is 35.2 Å². The molecule has 3 saturated heterocycles. The molecule has 1 spiro atoms. The maximum absolute atomic E-state index is 13.0. The first-order valence-electron chi connectivity index (χ1n) is 10.6. The van der Waals surface area contributed by atoms with Crippen LogP contribution in [-0.4, -0.2) is 65.5 Å². The number of carbonyl (C=O) groups is 2. The van der Waals surface area contributed by atoms with E-state index in [4.69, 9.17) is 0 Å². The monoisotopic (exact) mass is 385 g/mol. The van der Waals surface area contributed by atoms with E-state index in [2.05, 4.69) is 10.2 Å². The van der Waals surface area contributed by atoms with E-state index in [1.165, 1.54) is 19.3 Å². The highest BCUT2D eigenvalue weighted by Gasteiger charge is 2.49. The molecule has 6 nitrogen and oxygen atoms in total. The molecule has 6 heteroatoms. The highest BCUT2D eigenvalue weighted by molar-refractivity contribution is 5.85. The molecule has 3 aliphatic rings. The predicted octanol–water partition coefficient (Wildman–Crippen LogP) is 1.70. The van der Waals surface area contributed by atoms with Crippen LogP contribution < -0.4 is 5.32 Å². The van der Waals surface area contributed by atoms with E-state index >= 15 is 0 Å².